The van der Waals surface area contributed by atoms with E-state index in [9.17, 15) is 13.2 Å². The summed E-state index contributed by atoms with van der Waals surface area (Å²) in [5.74, 6) is 0.374. The second-order valence-electron chi connectivity index (χ2n) is 4.24. The second kappa shape index (κ2) is 5.70. The van der Waals surface area contributed by atoms with Gasteiger partial charge in [-0.1, -0.05) is 6.92 Å². The molecule has 1 N–H and O–H groups in total. The van der Waals surface area contributed by atoms with Crippen LogP contribution in [-0.2, 0) is 4.74 Å². The van der Waals surface area contributed by atoms with Crippen molar-refractivity contribution in [3.05, 3.63) is 0 Å². The minimum atomic E-state index is -4.20. The summed E-state index contributed by atoms with van der Waals surface area (Å²) >= 11 is 0. The summed E-state index contributed by atoms with van der Waals surface area (Å²) in [7, 11) is 0. The third kappa shape index (κ3) is 7.62. The van der Waals surface area contributed by atoms with E-state index < -0.39 is 12.8 Å². The van der Waals surface area contributed by atoms with Crippen LogP contribution in [0.5, 0.6) is 0 Å². The van der Waals surface area contributed by atoms with Gasteiger partial charge in [0.05, 0.1) is 0 Å². The van der Waals surface area contributed by atoms with Crippen LogP contribution in [-0.4, -0.2) is 32.0 Å². The van der Waals surface area contributed by atoms with Gasteiger partial charge in [0.2, 0.25) is 0 Å². The molecule has 0 heterocycles. The highest BCUT2D eigenvalue weighted by molar-refractivity contribution is 4.81. The summed E-state index contributed by atoms with van der Waals surface area (Å²) in [4.78, 5) is 0. The molecule has 90 valence electrons. The minimum absolute atomic E-state index is 0.188. The number of halogens is 3. The van der Waals surface area contributed by atoms with Gasteiger partial charge in [-0.2, -0.15) is 13.2 Å². The van der Waals surface area contributed by atoms with Crippen molar-refractivity contribution in [3.8, 4) is 0 Å². The Morgan fingerprint density at radius 3 is 2.60 bits per heavy atom. The molecule has 1 saturated carbocycles. The Morgan fingerprint density at radius 1 is 1.40 bits per heavy atom. The Morgan fingerprint density at radius 2 is 2.07 bits per heavy atom. The number of hydrogen-bond donors (Lipinski definition) is 1. The third-order valence-corrected chi connectivity index (χ3v) is 2.35. The standard InChI is InChI=1S/C10H18F3NO/c1-8(6-14-9-2-3-9)4-5-15-7-10(11,12)13/h8-9,14H,2-7H2,1H3. The van der Waals surface area contributed by atoms with Crippen molar-refractivity contribution in [2.45, 2.75) is 38.4 Å². The fraction of sp³-hybridized carbons (Fsp3) is 1.00. The first-order valence-electron chi connectivity index (χ1n) is 5.35. The predicted molar refractivity (Wildman–Crippen MR) is 51.7 cm³/mol. The molecule has 0 aromatic heterocycles. The number of hydrogen-bond acceptors (Lipinski definition) is 2. The van der Waals surface area contributed by atoms with Gasteiger partial charge in [-0.3, -0.25) is 0 Å². The molecule has 0 aromatic carbocycles. The molecule has 2 nitrogen and oxygen atoms in total. The lowest BCUT2D eigenvalue weighted by Crippen LogP contribution is -2.24. The van der Waals surface area contributed by atoms with E-state index >= 15 is 0 Å². The lowest BCUT2D eigenvalue weighted by Gasteiger charge is -2.13. The van der Waals surface area contributed by atoms with Gasteiger partial charge >= 0.3 is 6.18 Å². The molecule has 1 atom stereocenters. The Bertz CT molecular complexity index is 180. The molecule has 1 fully saturated rings. The molecule has 0 aromatic rings. The first kappa shape index (κ1) is 12.8. The second-order valence-corrected chi connectivity index (χ2v) is 4.24. The van der Waals surface area contributed by atoms with Crippen molar-refractivity contribution in [1.29, 1.82) is 0 Å². The van der Waals surface area contributed by atoms with E-state index in [-0.39, 0.29) is 6.61 Å². The predicted octanol–water partition coefficient (Wildman–Crippen LogP) is 2.34. The van der Waals surface area contributed by atoms with E-state index in [0.29, 0.717) is 18.4 Å². The average molecular weight is 225 g/mol. The van der Waals surface area contributed by atoms with Crippen LogP contribution >= 0.6 is 0 Å². The molecule has 0 radical (unpaired) electrons. The van der Waals surface area contributed by atoms with Gasteiger partial charge in [-0.15, -0.1) is 0 Å². The highest BCUT2D eigenvalue weighted by atomic mass is 19.4. The zero-order chi connectivity index (χ0) is 11.3. The summed E-state index contributed by atoms with van der Waals surface area (Å²) in [5, 5.41) is 3.34. The number of ether oxygens (including phenoxy) is 1. The van der Waals surface area contributed by atoms with Gasteiger partial charge in [0.25, 0.3) is 0 Å². The van der Waals surface area contributed by atoms with Crippen LogP contribution in [0.1, 0.15) is 26.2 Å². The maximum absolute atomic E-state index is 11.7. The number of nitrogens with one attached hydrogen (secondary N) is 1. The van der Waals surface area contributed by atoms with Crippen molar-refractivity contribution < 1.29 is 17.9 Å². The molecule has 0 bridgehead atoms. The molecule has 0 aliphatic heterocycles. The largest absolute Gasteiger partial charge is 0.411 e. The van der Waals surface area contributed by atoms with Crippen LogP contribution in [0.25, 0.3) is 0 Å². The van der Waals surface area contributed by atoms with Crippen molar-refractivity contribution in [1.82, 2.24) is 5.32 Å². The van der Waals surface area contributed by atoms with Crippen LogP contribution in [0.2, 0.25) is 0 Å². The maximum Gasteiger partial charge on any atom is 0.411 e. The fourth-order valence-corrected chi connectivity index (χ4v) is 1.23. The van der Waals surface area contributed by atoms with Crippen LogP contribution in [0, 0.1) is 5.92 Å². The summed E-state index contributed by atoms with van der Waals surface area (Å²) in [6, 6.07) is 0.656. The summed E-state index contributed by atoms with van der Waals surface area (Å²) in [5.41, 5.74) is 0. The van der Waals surface area contributed by atoms with Crippen molar-refractivity contribution >= 4 is 0 Å². The number of alkyl halides is 3. The van der Waals surface area contributed by atoms with Gasteiger partial charge < -0.3 is 10.1 Å². The van der Waals surface area contributed by atoms with Crippen LogP contribution < -0.4 is 5.32 Å². The van der Waals surface area contributed by atoms with Gasteiger partial charge in [0.1, 0.15) is 6.61 Å². The van der Waals surface area contributed by atoms with Crippen molar-refractivity contribution in [2.24, 2.45) is 5.92 Å². The molecule has 0 spiro atoms. The molecule has 15 heavy (non-hydrogen) atoms. The average Bonchev–Trinajstić information content (AvgIpc) is 2.91. The monoisotopic (exact) mass is 225 g/mol. The zero-order valence-electron chi connectivity index (χ0n) is 8.94. The van der Waals surface area contributed by atoms with Crippen LogP contribution in [0.4, 0.5) is 13.2 Å². The van der Waals surface area contributed by atoms with Crippen LogP contribution in [0.15, 0.2) is 0 Å². The quantitative estimate of drug-likeness (QED) is 0.671. The molecule has 1 rings (SSSR count). The molecular weight excluding hydrogens is 207 g/mol. The molecule has 1 aliphatic rings. The Hall–Kier alpha value is -0.290. The fourth-order valence-electron chi connectivity index (χ4n) is 1.23. The van der Waals surface area contributed by atoms with E-state index in [1.807, 2.05) is 6.92 Å². The van der Waals surface area contributed by atoms with Gasteiger partial charge in [0, 0.05) is 12.6 Å². The summed E-state index contributed by atoms with van der Waals surface area (Å²) in [6.45, 7) is 1.95. The Labute approximate surface area is 88.2 Å². The first-order chi connectivity index (χ1) is 6.97. The highest BCUT2D eigenvalue weighted by Crippen LogP contribution is 2.19. The molecular formula is C10H18F3NO. The molecule has 0 saturated heterocycles. The summed E-state index contributed by atoms with van der Waals surface area (Å²) in [6.07, 6.45) is -1.06. The molecule has 1 unspecified atom stereocenters. The van der Waals surface area contributed by atoms with E-state index in [2.05, 4.69) is 10.1 Å². The molecule has 1 aliphatic carbocycles. The number of rotatable bonds is 7. The van der Waals surface area contributed by atoms with E-state index in [4.69, 9.17) is 0 Å². The lowest BCUT2D eigenvalue weighted by molar-refractivity contribution is -0.174. The minimum Gasteiger partial charge on any atom is -0.372 e. The Balaban J connectivity index is 1.89. The van der Waals surface area contributed by atoms with E-state index in [1.54, 1.807) is 0 Å². The highest BCUT2D eigenvalue weighted by Gasteiger charge is 2.27. The SMILES string of the molecule is CC(CCOCC(F)(F)F)CNC1CC1. The Kier molecular flexibility index (Phi) is 4.86. The molecule has 0 amide bonds. The summed E-state index contributed by atoms with van der Waals surface area (Å²) < 4.78 is 39.7. The normalized spacial score (nSPS) is 19.2. The van der Waals surface area contributed by atoms with Gasteiger partial charge in [-0.05, 0) is 31.7 Å². The lowest BCUT2D eigenvalue weighted by atomic mass is 10.1. The first-order valence-corrected chi connectivity index (χ1v) is 5.35. The van der Waals surface area contributed by atoms with Crippen molar-refractivity contribution in [2.75, 3.05) is 19.8 Å². The molecule has 5 heteroatoms. The van der Waals surface area contributed by atoms with Gasteiger partial charge in [-0.25, -0.2) is 0 Å². The maximum atomic E-state index is 11.7. The van der Waals surface area contributed by atoms with E-state index in [1.165, 1.54) is 12.8 Å². The zero-order valence-corrected chi connectivity index (χ0v) is 8.94. The van der Waals surface area contributed by atoms with E-state index in [0.717, 1.165) is 6.54 Å². The topological polar surface area (TPSA) is 21.3 Å². The smallest absolute Gasteiger partial charge is 0.372 e. The van der Waals surface area contributed by atoms with Crippen molar-refractivity contribution in [3.63, 3.8) is 0 Å². The third-order valence-electron chi connectivity index (χ3n) is 2.35. The van der Waals surface area contributed by atoms with Crippen LogP contribution in [0.3, 0.4) is 0 Å². The van der Waals surface area contributed by atoms with Gasteiger partial charge in [0.15, 0.2) is 0 Å².